The van der Waals surface area contributed by atoms with Gasteiger partial charge in [-0.05, 0) is 43.9 Å². The van der Waals surface area contributed by atoms with Crippen LogP contribution in [0.5, 0.6) is 0 Å². The summed E-state index contributed by atoms with van der Waals surface area (Å²) in [7, 11) is -3.39. The van der Waals surface area contributed by atoms with Gasteiger partial charge in [-0.15, -0.1) is 0 Å². The number of benzene rings is 1. The average molecular weight is 348 g/mol. The van der Waals surface area contributed by atoms with E-state index >= 15 is 0 Å². The molecule has 0 spiro atoms. The molecule has 2 unspecified atom stereocenters. The molecule has 1 aromatic carbocycles. The standard InChI is InChI=1S/C14H22BrNO2S/c1-5-14(11(4)15)12-6-8-13(9-7-12)19(17,18)16-10(2)3/h6-11,14,16H,5H2,1-4H3. The van der Waals surface area contributed by atoms with E-state index in [4.69, 9.17) is 0 Å². The molecule has 108 valence electrons. The number of sulfonamides is 1. The van der Waals surface area contributed by atoms with E-state index in [1.54, 1.807) is 12.1 Å². The highest BCUT2D eigenvalue weighted by Crippen LogP contribution is 2.28. The summed E-state index contributed by atoms with van der Waals surface area (Å²) in [5.74, 6) is 0.398. The molecule has 0 aliphatic rings. The van der Waals surface area contributed by atoms with Crippen LogP contribution in [0, 0.1) is 0 Å². The van der Waals surface area contributed by atoms with E-state index in [2.05, 4.69) is 34.5 Å². The van der Waals surface area contributed by atoms with Crippen LogP contribution in [0.3, 0.4) is 0 Å². The highest BCUT2D eigenvalue weighted by atomic mass is 79.9. The van der Waals surface area contributed by atoms with Crippen molar-refractivity contribution in [3.63, 3.8) is 0 Å². The lowest BCUT2D eigenvalue weighted by Crippen LogP contribution is -2.30. The van der Waals surface area contributed by atoms with E-state index in [-0.39, 0.29) is 6.04 Å². The summed E-state index contributed by atoms with van der Waals surface area (Å²) in [6, 6.07) is 7.06. The molecule has 0 aliphatic carbocycles. The Morgan fingerprint density at radius 3 is 2.05 bits per heavy atom. The molecule has 0 bridgehead atoms. The predicted octanol–water partition coefficient (Wildman–Crippen LogP) is 3.65. The zero-order chi connectivity index (χ0) is 14.6. The lowest BCUT2D eigenvalue weighted by atomic mass is 9.94. The van der Waals surface area contributed by atoms with Crippen molar-refractivity contribution in [2.75, 3.05) is 0 Å². The molecule has 5 heteroatoms. The summed E-state index contributed by atoms with van der Waals surface area (Å²) >= 11 is 3.60. The number of hydrogen-bond acceptors (Lipinski definition) is 2. The Kier molecular flexibility index (Phi) is 6.02. The SMILES string of the molecule is CCC(c1ccc(S(=O)(=O)NC(C)C)cc1)C(C)Br. The predicted molar refractivity (Wildman–Crippen MR) is 83.3 cm³/mol. The van der Waals surface area contributed by atoms with E-state index in [0.29, 0.717) is 15.6 Å². The Morgan fingerprint density at radius 2 is 1.68 bits per heavy atom. The second-order valence-electron chi connectivity index (χ2n) is 5.04. The first kappa shape index (κ1) is 16.7. The van der Waals surface area contributed by atoms with Gasteiger partial charge in [-0.1, -0.05) is 41.9 Å². The first-order valence-corrected chi connectivity index (χ1v) is 8.94. The summed E-state index contributed by atoms with van der Waals surface area (Å²) in [5, 5.41) is 0. The second-order valence-corrected chi connectivity index (χ2v) is 8.20. The van der Waals surface area contributed by atoms with Crippen molar-refractivity contribution in [2.45, 2.75) is 55.8 Å². The summed E-state index contributed by atoms with van der Waals surface area (Å²) < 4.78 is 26.6. The maximum absolute atomic E-state index is 12.0. The molecule has 1 aromatic rings. The zero-order valence-electron chi connectivity index (χ0n) is 11.9. The van der Waals surface area contributed by atoms with Gasteiger partial charge < -0.3 is 0 Å². The fourth-order valence-electron chi connectivity index (χ4n) is 2.10. The van der Waals surface area contributed by atoms with Crippen LogP contribution in [-0.2, 0) is 10.0 Å². The Hall–Kier alpha value is -0.390. The minimum absolute atomic E-state index is 0.101. The highest BCUT2D eigenvalue weighted by Gasteiger charge is 2.18. The Morgan fingerprint density at radius 1 is 1.16 bits per heavy atom. The zero-order valence-corrected chi connectivity index (χ0v) is 14.3. The molecule has 0 aromatic heterocycles. The summed E-state index contributed by atoms with van der Waals surface area (Å²) in [6.07, 6.45) is 1.02. The number of hydrogen-bond donors (Lipinski definition) is 1. The summed E-state index contributed by atoms with van der Waals surface area (Å²) in [5.41, 5.74) is 1.16. The van der Waals surface area contributed by atoms with E-state index in [1.807, 2.05) is 26.0 Å². The van der Waals surface area contributed by atoms with Crippen LogP contribution in [0.15, 0.2) is 29.2 Å². The number of halogens is 1. The topological polar surface area (TPSA) is 46.2 Å². The minimum Gasteiger partial charge on any atom is -0.209 e. The molecule has 3 nitrogen and oxygen atoms in total. The molecule has 0 aliphatic heterocycles. The summed E-state index contributed by atoms with van der Waals surface area (Å²) in [6.45, 7) is 7.86. The lowest BCUT2D eigenvalue weighted by Gasteiger charge is -2.18. The van der Waals surface area contributed by atoms with Gasteiger partial charge in [0.1, 0.15) is 0 Å². The van der Waals surface area contributed by atoms with Gasteiger partial charge in [-0.3, -0.25) is 0 Å². The van der Waals surface area contributed by atoms with Crippen LogP contribution in [0.2, 0.25) is 0 Å². The van der Waals surface area contributed by atoms with Crippen molar-refractivity contribution < 1.29 is 8.42 Å². The van der Waals surface area contributed by atoms with E-state index in [0.717, 1.165) is 12.0 Å². The molecule has 0 saturated heterocycles. The smallest absolute Gasteiger partial charge is 0.209 e. The van der Waals surface area contributed by atoms with Crippen molar-refractivity contribution in [1.82, 2.24) is 4.72 Å². The number of alkyl halides is 1. The molecule has 0 radical (unpaired) electrons. The third-order valence-electron chi connectivity index (χ3n) is 3.00. The van der Waals surface area contributed by atoms with E-state index in [1.165, 1.54) is 0 Å². The molecule has 2 atom stereocenters. The third-order valence-corrected chi connectivity index (χ3v) is 5.32. The normalized spacial score (nSPS) is 15.5. The van der Waals surface area contributed by atoms with Crippen LogP contribution in [-0.4, -0.2) is 19.3 Å². The van der Waals surface area contributed by atoms with Gasteiger partial charge in [0.05, 0.1) is 4.90 Å². The first-order chi connectivity index (χ1) is 8.77. The van der Waals surface area contributed by atoms with Gasteiger partial charge in [0, 0.05) is 10.9 Å². The van der Waals surface area contributed by atoms with Crippen molar-refractivity contribution in [3.8, 4) is 0 Å². The van der Waals surface area contributed by atoms with Crippen LogP contribution >= 0.6 is 15.9 Å². The molecule has 1 N–H and O–H groups in total. The summed E-state index contributed by atoms with van der Waals surface area (Å²) in [4.78, 5) is 0.691. The van der Waals surface area contributed by atoms with Crippen molar-refractivity contribution in [3.05, 3.63) is 29.8 Å². The fourth-order valence-corrected chi connectivity index (χ4v) is 4.03. The minimum atomic E-state index is -3.39. The monoisotopic (exact) mass is 347 g/mol. The Balaban J connectivity index is 2.99. The van der Waals surface area contributed by atoms with Gasteiger partial charge in [-0.2, -0.15) is 0 Å². The van der Waals surface area contributed by atoms with E-state index in [9.17, 15) is 8.42 Å². The van der Waals surface area contributed by atoms with Gasteiger partial charge in [0.15, 0.2) is 0 Å². The van der Waals surface area contributed by atoms with Crippen LogP contribution in [0.1, 0.15) is 45.6 Å². The lowest BCUT2D eigenvalue weighted by molar-refractivity contribution is 0.569. The number of nitrogens with one attached hydrogen (secondary N) is 1. The quantitative estimate of drug-likeness (QED) is 0.798. The molecule has 0 saturated carbocycles. The average Bonchev–Trinajstić information content (AvgIpc) is 2.28. The maximum atomic E-state index is 12.0. The maximum Gasteiger partial charge on any atom is 0.240 e. The van der Waals surface area contributed by atoms with Crippen LogP contribution in [0.4, 0.5) is 0 Å². The third kappa shape index (κ3) is 4.58. The van der Waals surface area contributed by atoms with Crippen LogP contribution < -0.4 is 4.72 Å². The Bertz CT molecular complexity index is 495. The van der Waals surface area contributed by atoms with E-state index < -0.39 is 10.0 Å². The molecular weight excluding hydrogens is 326 g/mol. The molecule has 1 rings (SSSR count). The van der Waals surface area contributed by atoms with Gasteiger partial charge in [-0.25, -0.2) is 13.1 Å². The highest BCUT2D eigenvalue weighted by molar-refractivity contribution is 9.09. The van der Waals surface area contributed by atoms with Crippen LogP contribution in [0.25, 0.3) is 0 Å². The van der Waals surface area contributed by atoms with Gasteiger partial charge >= 0.3 is 0 Å². The van der Waals surface area contributed by atoms with Crippen molar-refractivity contribution >= 4 is 26.0 Å². The van der Waals surface area contributed by atoms with Gasteiger partial charge in [0.25, 0.3) is 0 Å². The molecular formula is C14H22BrNO2S. The fraction of sp³-hybridized carbons (Fsp3) is 0.571. The molecule has 19 heavy (non-hydrogen) atoms. The molecule has 0 amide bonds. The second kappa shape index (κ2) is 6.86. The van der Waals surface area contributed by atoms with Crippen molar-refractivity contribution in [1.29, 1.82) is 0 Å². The van der Waals surface area contributed by atoms with Gasteiger partial charge in [0.2, 0.25) is 10.0 Å². The number of rotatable bonds is 6. The van der Waals surface area contributed by atoms with Crippen molar-refractivity contribution in [2.24, 2.45) is 0 Å². The molecule has 0 fully saturated rings. The first-order valence-electron chi connectivity index (χ1n) is 6.54. The largest absolute Gasteiger partial charge is 0.240 e. The Labute approximate surface area is 125 Å². The molecule has 0 heterocycles.